The number of aromatic nitrogens is 4. The van der Waals surface area contributed by atoms with Gasteiger partial charge in [0.2, 0.25) is 0 Å². The predicted octanol–water partition coefficient (Wildman–Crippen LogP) is 4.17. The third-order valence-electron chi connectivity index (χ3n) is 5.74. The molecule has 0 aliphatic carbocycles. The van der Waals surface area contributed by atoms with E-state index in [9.17, 15) is 5.11 Å². The van der Waals surface area contributed by atoms with Gasteiger partial charge >= 0.3 is 0 Å². The molecule has 6 nitrogen and oxygen atoms in total. The average molecular weight is 394 g/mol. The summed E-state index contributed by atoms with van der Waals surface area (Å²) in [7, 11) is 0. The van der Waals surface area contributed by atoms with Crippen molar-refractivity contribution in [2.75, 3.05) is 0 Å². The summed E-state index contributed by atoms with van der Waals surface area (Å²) in [5, 5.41) is 24.6. The highest BCUT2D eigenvalue weighted by molar-refractivity contribution is 7.15. The molecule has 5 rings (SSSR count). The molecule has 0 radical (unpaired) electrons. The van der Waals surface area contributed by atoms with E-state index >= 15 is 0 Å². The molecule has 3 aromatic rings. The molecule has 0 amide bonds. The summed E-state index contributed by atoms with van der Waals surface area (Å²) < 4.78 is 1.86. The molecule has 144 valence electrons. The van der Waals surface area contributed by atoms with Crippen molar-refractivity contribution in [2.45, 2.75) is 50.6 Å². The molecule has 28 heavy (non-hydrogen) atoms. The van der Waals surface area contributed by atoms with Crippen LogP contribution in [-0.4, -0.2) is 36.4 Å². The van der Waals surface area contributed by atoms with Crippen LogP contribution in [-0.2, 0) is 0 Å². The summed E-state index contributed by atoms with van der Waals surface area (Å²) in [5.41, 5.74) is 3.25. The number of nitrogens with one attached hydrogen (secondary N) is 1. The maximum absolute atomic E-state index is 10.5. The van der Waals surface area contributed by atoms with E-state index in [2.05, 4.69) is 33.5 Å². The Morgan fingerprint density at radius 3 is 3.07 bits per heavy atom. The van der Waals surface area contributed by atoms with E-state index < -0.39 is 0 Å². The van der Waals surface area contributed by atoms with Crippen LogP contribution in [0.25, 0.3) is 22.3 Å². The fourth-order valence-electron chi connectivity index (χ4n) is 4.52. The van der Waals surface area contributed by atoms with E-state index in [1.807, 2.05) is 22.9 Å². The minimum atomic E-state index is 0.200. The maximum atomic E-state index is 10.5. The highest BCUT2D eigenvalue weighted by Crippen LogP contribution is 2.38. The first-order valence-electron chi connectivity index (χ1n) is 9.70. The number of benzene rings is 1. The summed E-state index contributed by atoms with van der Waals surface area (Å²) in [4.78, 5) is 4.04. The number of nitrogens with zero attached hydrogens (tertiary/aromatic N) is 4. The fourth-order valence-corrected chi connectivity index (χ4v) is 5.39. The zero-order valence-corrected chi connectivity index (χ0v) is 16.6. The maximum Gasteiger partial charge on any atom is 0.151 e. The van der Waals surface area contributed by atoms with E-state index in [-0.39, 0.29) is 11.3 Å². The molecule has 2 N–H and O–H groups in total. The Hall–Kier alpha value is -2.51. The van der Waals surface area contributed by atoms with Crippen LogP contribution in [0.1, 0.15) is 44.0 Å². The third-order valence-corrected chi connectivity index (χ3v) is 6.65. The highest BCUT2D eigenvalue weighted by atomic mass is 32.1. The normalized spacial score (nSPS) is 25.9. The SMILES string of the molecule is C[C@]12CCCC(C/C(=C\c3nnc(-c4ccc(-n5ccnc5)cc4O)s3)C1)N2. The lowest BCUT2D eigenvalue weighted by Crippen LogP contribution is -2.55. The van der Waals surface area contributed by atoms with Crippen molar-refractivity contribution < 1.29 is 5.11 Å². The van der Waals surface area contributed by atoms with E-state index in [0.717, 1.165) is 28.5 Å². The van der Waals surface area contributed by atoms with Crippen LogP contribution in [0, 0.1) is 0 Å². The number of rotatable bonds is 3. The zero-order chi connectivity index (χ0) is 19.1. The standard InChI is InChI=1S/C21H23N5OS/c1-21-6-2-3-15(23-21)9-14(12-21)10-19-24-25-20(28-19)17-5-4-16(11-18(17)27)26-8-7-22-13-26/h4-5,7-8,10-11,13,15,23,27H,2-3,6,9,12H2,1H3/b14-10+/t15?,21-/m0/s1. The second-order valence-corrected chi connectivity index (χ2v) is 9.10. The van der Waals surface area contributed by atoms with E-state index in [1.165, 1.54) is 36.2 Å². The molecule has 2 fully saturated rings. The number of hydrogen-bond acceptors (Lipinski definition) is 6. The molecular weight excluding hydrogens is 370 g/mol. The summed E-state index contributed by atoms with van der Waals surface area (Å²) in [6, 6.07) is 6.15. The summed E-state index contributed by atoms with van der Waals surface area (Å²) in [6.45, 7) is 2.33. The Morgan fingerprint density at radius 2 is 2.29 bits per heavy atom. The minimum absolute atomic E-state index is 0.200. The lowest BCUT2D eigenvalue weighted by atomic mass is 9.75. The van der Waals surface area contributed by atoms with Crippen molar-refractivity contribution in [3.05, 3.63) is 47.5 Å². The number of fused-ring (bicyclic) bond motifs is 2. The van der Waals surface area contributed by atoms with Gasteiger partial charge in [-0.25, -0.2) is 4.98 Å². The second-order valence-electron chi connectivity index (χ2n) is 8.09. The fraction of sp³-hybridized carbons (Fsp3) is 0.381. The number of hydrogen-bond donors (Lipinski definition) is 2. The van der Waals surface area contributed by atoms with E-state index in [1.54, 1.807) is 18.6 Å². The smallest absolute Gasteiger partial charge is 0.151 e. The lowest BCUT2D eigenvalue weighted by molar-refractivity contribution is 0.192. The van der Waals surface area contributed by atoms with Crippen molar-refractivity contribution >= 4 is 17.4 Å². The Bertz CT molecular complexity index is 1030. The topological polar surface area (TPSA) is 75.9 Å². The number of piperidine rings is 2. The van der Waals surface area contributed by atoms with E-state index in [0.29, 0.717) is 11.6 Å². The number of imidazole rings is 1. The third kappa shape index (κ3) is 3.36. The quantitative estimate of drug-likeness (QED) is 0.698. The molecule has 1 unspecified atom stereocenters. The van der Waals surface area contributed by atoms with Crippen molar-refractivity contribution in [1.82, 2.24) is 25.1 Å². The molecule has 0 saturated carbocycles. The van der Waals surface area contributed by atoms with Gasteiger partial charge in [-0.05, 0) is 50.8 Å². The lowest BCUT2D eigenvalue weighted by Gasteiger charge is -2.45. The van der Waals surface area contributed by atoms with Crippen LogP contribution in [0.4, 0.5) is 0 Å². The minimum Gasteiger partial charge on any atom is -0.507 e. The molecule has 2 bridgehead atoms. The van der Waals surface area contributed by atoms with E-state index in [4.69, 9.17) is 0 Å². The Kier molecular flexibility index (Phi) is 4.29. The second kappa shape index (κ2) is 6.83. The molecule has 2 aliphatic heterocycles. The van der Waals surface area contributed by atoms with Gasteiger partial charge in [-0.1, -0.05) is 23.3 Å². The Balaban J connectivity index is 1.39. The molecule has 2 atom stereocenters. The van der Waals surface area contributed by atoms with Crippen molar-refractivity contribution in [2.24, 2.45) is 0 Å². The van der Waals surface area contributed by atoms with Crippen LogP contribution in [0.2, 0.25) is 0 Å². The number of aromatic hydroxyl groups is 1. The van der Waals surface area contributed by atoms with Gasteiger partial charge < -0.3 is 15.0 Å². The van der Waals surface area contributed by atoms with Crippen LogP contribution in [0.3, 0.4) is 0 Å². The molecule has 2 aromatic heterocycles. The van der Waals surface area contributed by atoms with Crippen LogP contribution in [0.5, 0.6) is 5.75 Å². The van der Waals surface area contributed by atoms with Gasteiger partial charge in [0.25, 0.3) is 0 Å². The molecule has 2 saturated heterocycles. The first kappa shape index (κ1) is 17.6. The molecule has 4 heterocycles. The van der Waals surface area contributed by atoms with Crippen molar-refractivity contribution in [1.29, 1.82) is 0 Å². The zero-order valence-electron chi connectivity index (χ0n) is 15.8. The van der Waals surface area contributed by atoms with Crippen molar-refractivity contribution in [3.8, 4) is 22.0 Å². The van der Waals surface area contributed by atoms with Gasteiger partial charge in [0.1, 0.15) is 10.8 Å². The largest absolute Gasteiger partial charge is 0.507 e. The van der Waals surface area contributed by atoms with Crippen LogP contribution in [0.15, 0.2) is 42.5 Å². The molecule has 2 aliphatic rings. The number of phenolic OH excluding ortho intramolecular Hbond substituents is 1. The molecular formula is C21H23N5OS. The molecule has 7 heteroatoms. The van der Waals surface area contributed by atoms with Gasteiger partial charge in [0.05, 0.1) is 17.6 Å². The van der Waals surface area contributed by atoms with Gasteiger partial charge in [-0.3, -0.25) is 0 Å². The van der Waals surface area contributed by atoms with Crippen molar-refractivity contribution in [3.63, 3.8) is 0 Å². The molecule has 1 aromatic carbocycles. The van der Waals surface area contributed by atoms with Gasteiger partial charge in [0, 0.05) is 30.0 Å². The predicted molar refractivity (Wildman–Crippen MR) is 111 cm³/mol. The van der Waals surface area contributed by atoms with Gasteiger partial charge in [-0.2, -0.15) is 0 Å². The summed E-state index contributed by atoms with van der Waals surface area (Å²) in [6.07, 6.45) is 13.4. The summed E-state index contributed by atoms with van der Waals surface area (Å²) >= 11 is 1.53. The first-order chi connectivity index (χ1) is 13.6. The average Bonchev–Trinajstić information content (AvgIpc) is 3.32. The van der Waals surface area contributed by atoms with Crippen LogP contribution < -0.4 is 5.32 Å². The summed E-state index contributed by atoms with van der Waals surface area (Å²) in [5.74, 6) is 0.200. The van der Waals surface area contributed by atoms with Gasteiger partial charge in [-0.15, -0.1) is 10.2 Å². The Morgan fingerprint density at radius 1 is 1.36 bits per heavy atom. The number of phenols is 1. The van der Waals surface area contributed by atoms with Gasteiger partial charge in [0.15, 0.2) is 5.01 Å². The van der Waals surface area contributed by atoms with Crippen LogP contribution >= 0.6 is 11.3 Å². The highest BCUT2D eigenvalue weighted by Gasteiger charge is 2.36. The molecule has 0 spiro atoms. The monoisotopic (exact) mass is 393 g/mol. The Labute approximate surface area is 168 Å². The first-order valence-corrected chi connectivity index (χ1v) is 10.5.